The summed E-state index contributed by atoms with van der Waals surface area (Å²) in [6.07, 6.45) is 2.31. The highest BCUT2D eigenvalue weighted by molar-refractivity contribution is 5.73. The lowest BCUT2D eigenvalue weighted by atomic mass is 10.1. The zero-order chi connectivity index (χ0) is 12.9. The van der Waals surface area contributed by atoms with Crippen LogP contribution in [0.15, 0.2) is 24.7 Å². The number of halogens is 6. The van der Waals surface area contributed by atoms with Gasteiger partial charge in [0.15, 0.2) is 0 Å². The maximum absolute atomic E-state index is 13.2. The molecular weight excluding hydrogens is 250 g/mol. The van der Waals surface area contributed by atoms with Crippen molar-refractivity contribution in [1.29, 1.82) is 0 Å². The molecule has 1 heterocycles. The Labute approximate surface area is 91.0 Å². The molecule has 2 rings (SSSR count). The highest BCUT2D eigenvalue weighted by Gasteiger charge is 2.77. The van der Waals surface area contributed by atoms with E-state index in [1.807, 2.05) is 0 Å². The molecule has 0 N–H and O–H groups in total. The Bertz CT molecular complexity index is 468. The van der Waals surface area contributed by atoms with Gasteiger partial charge >= 0.3 is 17.8 Å². The van der Waals surface area contributed by atoms with E-state index in [0.717, 1.165) is 18.6 Å². The van der Waals surface area contributed by atoms with Crippen LogP contribution in [0.5, 0.6) is 0 Å². The van der Waals surface area contributed by atoms with E-state index in [0.29, 0.717) is 0 Å². The van der Waals surface area contributed by atoms with Crippen molar-refractivity contribution in [2.75, 3.05) is 0 Å². The Morgan fingerprint density at radius 2 is 1.59 bits per heavy atom. The van der Waals surface area contributed by atoms with Crippen LogP contribution < -0.4 is 0 Å². The second-order valence-electron chi connectivity index (χ2n) is 3.42. The average Bonchev–Trinajstić information content (AvgIpc) is 2.37. The summed E-state index contributed by atoms with van der Waals surface area (Å²) in [7, 11) is 0. The third-order valence-electron chi connectivity index (χ3n) is 2.32. The van der Waals surface area contributed by atoms with Gasteiger partial charge in [0.05, 0.1) is 17.5 Å². The fourth-order valence-electron chi connectivity index (χ4n) is 1.41. The Hall–Kier alpha value is -1.60. The molecule has 1 aliphatic rings. The van der Waals surface area contributed by atoms with E-state index >= 15 is 0 Å². The Kier molecular flexibility index (Phi) is 2.24. The molecule has 0 atom stereocenters. The van der Waals surface area contributed by atoms with Crippen LogP contribution in [0.1, 0.15) is 5.69 Å². The van der Waals surface area contributed by atoms with Gasteiger partial charge in [0.2, 0.25) is 0 Å². The van der Waals surface area contributed by atoms with E-state index in [9.17, 15) is 26.3 Å². The standard InChI is InChI=1S/C9H4F6N2/c10-7(11)3-5(6-4-16-1-2-17-6)8(12,13)9(7,14)15/h1-4H. The molecule has 0 radical (unpaired) electrons. The largest absolute Gasteiger partial charge is 0.380 e. The Balaban J connectivity index is 2.58. The molecule has 0 unspecified atom stereocenters. The molecule has 0 aromatic carbocycles. The number of alkyl halides is 6. The number of hydrogen-bond donors (Lipinski definition) is 0. The van der Waals surface area contributed by atoms with Crippen LogP contribution in [-0.2, 0) is 0 Å². The normalized spacial score (nSPS) is 24.5. The molecular formula is C9H4F6N2. The van der Waals surface area contributed by atoms with Crippen molar-refractivity contribution in [3.05, 3.63) is 30.4 Å². The number of rotatable bonds is 1. The monoisotopic (exact) mass is 254 g/mol. The van der Waals surface area contributed by atoms with Gasteiger partial charge in [0.1, 0.15) is 0 Å². The average molecular weight is 254 g/mol. The van der Waals surface area contributed by atoms with E-state index < -0.39 is 35.1 Å². The van der Waals surface area contributed by atoms with Crippen molar-refractivity contribution < 1.29 is 26.3 Å². The summed E-state index contributed by atoms with van der Waals surface area (Å²) >= 11 is 0. The molecule has 1 aromatic heterocycles. The number of aromatic nitrogens is 2. The van der Waals surface area contributed by atoms with Gasteiger partial charge in [-0.25, -0.2) is 0 Å². The molecule has 0 spiro atoms. The molecule has 0 bridgehead atoms. The molecule has 0 saturated carbocycles. The summed E-state index contributed by atoms with van der Waals surface area (Å²) in [5.41, 5.74) is -2.21. The topological polar surface area (TPSA) is 25.8 Å². The molecule has 17 heavy (non-hydrogen) atoms. The van der Waals surface area contributed by atoms with Gasteiger partial charge < -0.3 is 0 Å². The van der Waals surface area contributed by atoms with Gasteiger partial charge in [-0.05, 0) is 0 Å². The second-order valence-corrected chi connectivity index (χ2v) is 3.42. The molecule has 0 aliphatic heterocycles. The van der Waals surface area contributed by atoms with Crippen LogP contribution in [0.2, 0.25) is 0 Å². The van der Waals surface area contributed by atoms with Crippen molar-refractivity contribution >= 4 is 5.57 Å². The quantitative estimate of drug-likeness (QED) is 0.720. The second kappa shape index (κ2) is 3.21. The number of nitrogens with zero attached hydrogens (tertiary/aromatic N) is 2. The fraction of sp³-hybridized carbons (Fsp3) is 0.333. The summed E-state index contributed by atoms with van der Waals surface area (Å²) < 4.78 is 77.7. The van der Waals surface area contributed by atoms with E-state index in [1.165, 1.54) is 0 Å². The highest BCUT2D eigenvalue weighted by atomic mass is 19.3. The third-order valence-corrected chi connectivity index (χ3v) is 2.32. The van der Waals surface area contributed by atoms with Crippen LogP contribution >= 0.6 is 0 Å². The van der Waals surface area contributed by atoms with Crippen molar-refractivity contribution in [2.24, 2.45) is 0 Å². The Morgan fingerprint density at radius 1 is 0.941 bits per heavy atom. The predicted octanol–water partition coefficient (Wildman–Crippen LogP) is 2.78. The van der Waals surface area contributed by atoms with Crippen LogP contribution in [-0.4, -0.2) is 27.7 Å². The molecule has 0 fully saturated rings. The molecule has 92 valence electrons. The Morgan fingerprint density at radius 3 is 2.00 bits per heavy atom. The van der Waals surface area contributed by atoms with Crippen molar-refractivity contribution in [1.82, 2.24) is 9.97 Å². The van der Waals surface area contributed by atoms with Gasteiger partial charge in [-0.3, -0.25) is 9.97 Å². The zero-order valence-corrected chi connectivity index (χ0v) is 7.97. The molecule has 1 aliphatic carbocycles. The minimum absolute atomic E-state index is 0.461. The lowest BCUT2D eigenvalue weighted by Crippen LogP contribution is -2.48. The highest BCUT2D eigenvalue weighted by Crippen LogP contribution is 2.57. The maximum Gasteiger partial charge on any atom is 0.380 e. The summed E-state index contributed by atoms with van der Waals surface area (Å²) in [6.45, 7) is 0. The van der Waals surface area contributed by atoms with Gasteiger partial charge in [-0.2, -0.15) is 26.3 Å². The molecule has 0 amide bonds. The smallest absolute Gasteiger partial charge is 0.261 e. The van der Waals surface area contributed by atoms with E-state index in [2.05, 4.69) is 9.97 Å². The third kappa shape index (κ3) is 1.43. The summed E-state index contributed by atoms with van der Waals surface area (Å²) in [5, 5.41) is 0. The van der Waals surface area contributed by atoms with Gasteiger partial charge in [-0.1, -0.05) is 0 Å². The molecule has 2 nitrogen and oxygen atoms in total. The first kappa shape index (κ1) is 11.9. The minimum Gasteiger partial charge on any atom is -0.261 e. The van der Waals surface area contributed by atoms with Gasteiger partial charge in [0, 0.05) is 18.5 Å². The van der Waals surface area contributed by atoms with Crippen molar-refractivity contribution in [3.63, 3.8) is 0 Å². The zero-order valence-electron chi connectivity index (χ0n) is 7.97. The van der Waals surface area contributed by atoms with Crippen LogP contribution in [0, 0.1) is 0 Å². The van der Waals surface area contributed by atoms with Gasteiger partial charge in [-0.15, -0.1) is 0 Å². The van der Waals surface area contributed by atoms with Crippen molar-refractivity contribution in [2.45, 2.75) is 17.8 Å². The summed E-state index contributed by atoms with van der Waals surface area (Å²) in [4.78, 5) is 6.67. The molecule has 0 saturated heterocycles. The SMILES string of the molecule is FC1(F)C=C(c2cnccn2)C(F)(F)C1(F)F. The fourth-order valence-corrected chi connectivity index (χ4v) is 1.41. The van der Waals surface area contributed by atoms with E-state index in [4.69, 9.17) is 0 Å². The van der Waals surface area contributed by atoms with E-state index in [1.54, 1.807) is 0 Å². The lowest BCUT2D eigenvalue weighted by Gasteiger charge is -2.24. The van der Waals surface area contributed by atoms with Crippen LogP contribution in [0.3, 0.4) is 0 Å². The lowest BCUT2D eigenvalue weighted by molar-refractivity contribution is -0.257. The molecule has 1 aromatic rings. The first-order valence-corrected chi connectivity index (χ1v) is 4.33. The summed E-state index contributed by atoms with van der Waals surface area (Å²) in [6, 6.07) is 0. The first-order chi connectivity index (χ1) is 7.70. The minimum atomic E-state index is -5.47. The molecule has 8 heteroatoms. The van der Waals surface area contributed by atoms with E-state index in [-0.39, 0.29) is 0 Å². The predicted molar refractivity (Wildman–Crippen MR) is 44.9 cm³/mol. The van der Waals surface area contributed by atoms with Crippen molar-refractivity contribution in [3.8, 4) is 0 Å². The van der Waals surface area contributed by atoms with Crippen LogP contribution in [0.25, 0.3) is 5.57 Å². The summed E-state index contributed by atoms with van der Waals surface area (Å²) in [5.74, 6) is -15.4. The first-order valence-electron chi connectivity index (χ1n) is 4.33. The maximum atomic E-state index is 13.2. The number of hydrogen-bond acceptors (Lipinski definition) is 2. The van der Waals surface area contributed by atoms with Crippen LogP contribution in [0.4, 0.5) is 26.3 Å². The number of allylic oxidation sites excluding steroid dienone is 2. The van der Waals surface area contributed by atoms with Gasteiger partial charge in [0.25, 0.3) is 0 Å².